The molecule has 0 aromatic heterocycles. The summed E-state index contributed by atoms with van der Waals surface area (Å²) in [6.45, 7) is 8.11. The van der Waals surface area contributed by atoms with Crippen molar-refractivity contribution in [3.63, 3.8) is 0 Å². The van der Waals surface area contributed by atoms with E-state index in [-0.39, 0.29) is 23.8 Å². The molecule has 1 saturated heterocycles. The number of ether oxygens (including phenoxy) is 1. The monoisotopic (exact) mass is 248 g/mol. The van der Waals surface area contributed by atoms with E-state index in [1.165, 1.54) is 0 Å². The Hall–Kier alpha value is -1.12. The predicted molar refractivity (Wildman–Crippen MR) is 66.7 cm³/mol. The number of hydrogen-bond acceptors (Lipinski definition) is 3. The Morgan fingerprint density at radius 1 is 1.28 bits per heavy atom. The molecular weight excluding hydrogens is 228 g/mol. The van der Waals surface area contributed by atoms with Crippen LogP contribution in [0.15, 0.2) is 12.2 Å². The van der Waals surface area contributed by atoms with Gasteiger partial charge >= 0.3 is 5.97 Å². The molecule has 2 aliphatic carbocycles. The van der Waals surface area contributed by atoms with E-state index < -0.39 is 5.41 Å². The Bertz CT molecular complexity index is 439. The fourth-order valence-corrected chi connectivity index (χ4v) is 4.42. The summed E-state index contributed by atoms with van der Waals surface area (Å²) in [6, 6.07) is 0. The summed E-state index contributed by atoms with van der Waals surface area (Å²) in [5.41, 5.74) is 0.101. The Labute approximate surface area is 108 Å². The van der Waals surface area contributed by atoms with Gasteiger partial charge in [-0.1, -0.05) is 13.5 Å². The van der Waals surface area contributed by atoms with Gasteiger partial charge in [0.05, 0.1) is 5.41 Å². The first-order valence-corrected chi connectivity index (χ1v) is 6.89. The number of rotatable bonds is 0. The van der Waals surface area contributed by atoms with Gasteiger partial charge in [0.25, 0.3) is 0 Å². The van der Waals surface area contributed by atoms with Gasteiger partial charge in [-0.25, -0.2) is 4.79 Å². The molecule has 3 rings (SSSR count). The molecule has 1 aliphatic heterocycles. The summed E-state index contributed by atoms with van der Waals surface area (Å²) in [5, 5.41) is 0. The number of esters is 1. The van der Waals surface area contributed by atoms with Crippen LogP contribution in [0.2, 0.25) is 0 Å². The van der Waals surface area contributed by atoms with Crippen molar-refractivity contribution in [1.29, 1.82) is 0 Å². The maximum Gasteiger partial charge on any atom is 0.334 e. The molecule has 0 unspecified atom stereocenters. The van der Waals surface area contributed by atoms with Crippen LogP contribution in [0, 0.1) is 23.2 Å². The van der Waals surface area contributed by atoms with E-state index in [0.717, 1.165) is 19.3 Å². The zero-order valence-corrected chi connectivity index (χ0v) is 11.1. The maximum atomic E-state index is 12.4. The van der Waals surface area contributed by atoms with Gasteiger partial charge in [-0.3, -0.25) is 4.79 Å². The molecule has 0 spiro atoms. The lowest BCUT2D eigenvalue weighted by molar-refractivity contribution is -0.151. The van der Waals surface area contributed by atoms with Crippen molar-refractivity contribution in [3.8, 4) is 0 Å². The van der Waals surface area contributed by atoms with Crippen molar-refractivity contribution in [3.05, 3.63) is 12.2 Å². The molecule has 0 radical (unpaired) electrons. The van der Waals surface area contributed by atoms with E-state index >= 15 is 0 Å². The highest BCUT2D eigenvalue weighted by Crippen LogP contribution is 2.56. The zero-order chi connectivity index (χ0) is 13.1. The molecule has 98 valence electrons. The molecule has 3 fully saturated rings. The van der Waals surface area contributed by atoms with Crippen molar-refractivity contribution >= 4 is 11.8 Å². The van der Waals surface area contributed by atoms with Gasteiger partial charge in [0, 0.05) is 17.9 Å². The second-order valence-corrected chi connectivity index (χ2v) is 6.36. The number of fused-ring (bicyclic) bond motifs is 3. The van der Waals surface area contributed by atoms with Crippen molar-refractivity contribution in [2.75, 3.05) is 0 Å². The van der Waals surface area contributed by atoms with Crippen molar-refractivity contribution in [1.82, 2.24) is 0 Å². The van der Waals surface area contributed by atoms with E-state index in [9.17, 15) is 9.59 Å². The van der Waals surface area contributed by atoms with E-state index in [1.54, 1.807) is 0 Å². The molecule has 0 N–H and O–H groups in total. The molecule has 18 heavy (non-hydrogen) atoms. The number of ketones is 1. The first-order valence-electron chi connectivity index (χ1n) is 6.89. The van der Waals surface area contributed by atoms with Crippen molar-refractivity contribution < 1.29 is 14.3 Å². The Balaban J connectivity index is 2.07. The second kappa shape index (κ2) is 3.69. The molecule has 2 saturated carbocycles. The third-order valence-electron chi connectivity index (χ3n) is 5.57. The molecule has 5 atom stereocenters. The molecule has 0 amide bonds. The normalized spacial score (nSPS) is 47.6. The Kier molecular flexibility index (Phi) is 2.45. The van der Waals surface area contributed by atoms with Crippen molar-refractivity contribution in [2.45, 2.75) is 45.6 Å². The Morgan fingerprint density at radius 2 is 2.00 bits per heavy atom. The summed E-state index contributed by atoms with van der Waals surface area (Å²) in [6.07, 6.45) is 3.31. The highest BCUT2D eigenvalue weighted by atomic mass is 16.6. The van der Waals surface area contributed by atoms with Gasteiger partial charge in [0.1, 0.15) is 11.9 Å². The van der Waals surface area contributed by atoms with E-state index in [0.29, 0.717) is 23.8 Å². The average molecular weight is 248 g/mol. The molecule has 3 aliphatic rings. The molecule has 0 bridgehead atoms. The van der Waals surface area contributed by atoms with Crippen LogP contribution in [0.3, 0.4) is 0 Å². The fourth-order valence-electron chi connectivity index (χ4n) is 4.42. The second-order valence-electron chi connectivity index (χ2n) is 6.36. The minimum absolute atomic E-state index is 0.0528. The molecule has 3 nitrogen and oxygen atoms in total. The smallest absolute Gasteiger partial charge is 0.334 e. The largest absolute Gasteiger partial charge is 0.457 e. The summed E-state index contributed by atoms with van der Waals surface area (Å²) < 4.78 is 5.53. The fraction of sp³-hybridized carbons (Fsp3) is 0.733. The highest BCUT2D eigenvalue weighted by Gasteiger charge is 2.60. The topological polar surface area (TPSA) is 43.4 Å². The van der Waals surface area contributed by atoms with Gasteiger partial charge in [-0.05, 0) is 38.0 Å². The van der Waals surface area contributed by atoms with Gasteiger partial charge in [0.15, 0.2) is 0 Å². The standard InChI is InChI=1S/C15H20O3/c1-8-4-5-10-9(2)14(17)18-13(10)15(3)11(8)6-7-12(15)16/h8,10-11,13H,2,4-7H2,1,3H3/t8-,10-,11-,13+,15-/m1/s1. The van der Waals surface area contributed by atoms with Crippen LogP contribution < -0.4 is 0 Å². The number of carbonyl (C=O) groups excluding carboxylic acids is 2. The predicted octanol–water partition coefficient (Wildman–Crippen LogP) is 2.50. The first kappa shape index (κ1) is 11.9. The van der Waals surface area contributed by atoms with Gasteiger partial charge in [-0.15, -0.1) is 0 Å². The molecular formula is C15H20O3. The number of carbonyl (C=O) groups is 2. The molecule has 3 heteroatoms. The van der Waals surface area contributed by atoms with Gasteiger partial charge in [0.2, 0.25) is 0 Å². The van der Waals surface area contributed by atoms with Crippen LogP contribution in [0.4, 0.5) is 0 Å². The SMILES string of the molecule is C=C1C(=O)O[C@H]2[C@@H]1CC[C@@H](C)[C@H]1CCC(=O)[C@@]12C. The number of hydrogen-bond donors (Lipinski definition) is 0. The summed E-state index contributed by atoms with van der Waals surface area (Å²) in [5.74, 6) is 0.923. The Morgan fingerprint density at radius 3 is 2.72 bits per heavy atom. The minimum atomic E-state index is -0.477. The van der Waals surface area contributed by atoms with E-state index in [4.69, 9.17) is 4.74 Å². The summed E-state index contributed by atoms with van der Waals surface area (Å²) in [7, 11) is 0. The molecule has 0 aromatic carbocycles. The van der Waals surface area contributed by atoms with E-state index in [2.05, 4.69) is 13.5 Å². The van der Waals surface area contributed by atoms with Crippen molar-refractivity contribution in [2.24, 2.45) is 23.2 Å². The van der Waals surface area contributed by atoms with E-state index in [1.807, 2.05) is 6.92 Å². The summed E-state index contributed by atoms with van der Waals surface area (Å²) in [4.78, 5) is 24.1. The van der Waals surface area contributed by atoms with Gasteiger partial charge < -0.3 is 4.74 Å². The van der Waals surface area contributed by atoms with Gasteiger partial charge in [-0.2, -0.15) is 0 Å². The van der Waals surface area contributed by atoms with Crippen LogP contribution in [-0.4, -0.2) is 17.9 Å². The zero-order valence-electron chi connectivity index (χ0n) is 11.1. The lowest BCUT2D eigenvalue weighted by Crippen LogP contribution is -2.44. The van der Waals surface area contributed by atoms with Crippen LogP contribution in [0.1, 0.15) is 39.5 Å². The molecule has 1 heterocycles. The molecule has 0 aromatic rings. The first-order chi connectivity index (χ1) is 8.46. The maximum absolute atomic E-state index is 12.4. The average Bonchev–Trinajstić information content (AvgIpc) is 2.75. The van der Waals surface area contributed by atoms with Crippen LogP contribution in [0.25, 0.3) is 0 Å². The lowest BCUT2D eigenvalue weighted by Gasteiger charge is -2.36. The minimum Gasteiger partial charge on any atom is -0.457 e. The lowest BCUT2D eigenvalue weighted by atomic mass is 9.68. The third-order valence-corrected chi connectivity index (χ3v) is 5.57. The highest BCUT2D eigenvalue weighted by molar-refractivity contribution is 5.94. The summed E-state index contributed by atoms with van der Waals surface area (Å²) >= 11 is 0. The number of Topliss-reactive ketones (excluding diaryl/α,β-unsaturated/α-hetero) is 1. The van der Waals surface area contributed by atoms with Crippen LogP contribution in [-0.2, 0) is 14.3 Å². The van der Waals surface area contributed by atoms with Crippen LogP contribution >= 0.6 is 0 Å². The van der Waals surface area contributed by atoms with Crippen LogP contribution in [0.5, 0.6) is 0 Å². The third kappa shape index (κ3) is 1.30. The quantitative estimate of drug-likeness (QED) is 0.488.